The van der Waals surface area contributed by atoms with E-state index in [-0.39, 0.29) is 0 Å². The first-order valence-corrected chi connectivity index (χ1v) is 10.5. The van der Waals surface area contributed by atoms with E-state index in [0.29, 0.717) is 23.4 Å². The Morgan fingerprint density at radius 1 is 1.07 bits per heavy atom. The maximum atomic E-state index is 12.9. The number of carbonyl (C=O) groups excluding carboxylic acids is 3. The minimum absolute atomic E-state index is 0.337. The molecule has 0 saturated heterocycles. The molecule has 0 aliphatic heterocycles. The third kappa shape index (κ3) is 7.15. The second-order valence-corrected chi connectivity index (χ2v) is 7.41. The van der Waals surface area contributed by atoms with Gasteiger partial charge in [-0.25, -0.2) is 9.59 Å². The standard InChI is InChI=1S/C21H25N3O4S/c1-14-8-10-16(11-9-14)23-19(25)18(15-6-4-3-5-7-15)28-20(26)17(12-13-29-2)24-21(22)27/h3-11,17-18H,12-13H2,1-2H3,(H,23,25)(H3,22,24,27)/t17-,18-/m1/s1. The zero-order valence-corrected chi connectivity index (χ0v) is 17.2. The number of nitrogens with one attached hydrogen (secondary N) is 2. The average Bonchev–Trinajstić information content (AvgIpc) is 2.71. The van der Waals surface area contributed by atoms with Gasteiger partial charge in [-0.2, -0.15) is 11.8 Å². The number of aryl methyl sites for hydroxylation is 1. The molecule has 0 spiro atoms. The maximum absolute atomic E-state index is 12.9. The lowest BCUT2D eigenvalue weighted by molar-refractivity contribution is -0.156. The minimum Gasteiger partial charge on any atom is -0.446 e. The van der Waals surface area contributed by atoms with Crippen molar-refractivity contribution in [3.05, 3.63) is 65.7 Å². The largest absolute Gasteiger partial charge is 0.446 e. The van der Waals surface area contributed by atoms with Gasteiger partial charge in [-0.3, -0.25) is 4.79 Å². The molecular weight excluding hydrogens is 390 g/mol. The lowest BCUT2D eigenvalue weighted by atomic mass is 10.1. The van der Waals surface area contributed by atoms with Crippen molar-refractivity contribution in [3.8, 4) is 0 Å². The van der Waals surface area contributed by atoms with Crippen molar-refractivity contribution in [1.29, 1.82) is 0 Å². The van der Waals surface area contributed by atoms with Crippen LogP contribution in [0.1, 0.15) is 23.7 Å². The van der Waals surface area contributed by atoms with Crippen LogP contribution in [0.15, 0.2) is 54.6 Å². The molecule has 0 bridgehead atoms. The smallest absolute Gasteiger partial charge is 0.329 e. The van der Waals surface area contributed by atoms with E-state index in [1.807, 2.05) is 25.3 Å². The third-order valence-electron chi connectivity index (χ3n) is 4.11. The van der Waals surface area contributed by atoms with E-state index in [9.17, 15) is 14.4 Å². The SMILES string of the molecule is CSCC[C@@H](NC(N)=O)C(=O)O[C@@H](C(=O)Nc1ccc(C)cc1)c1ccccc1. The summed E-state index contributed by atoms with van der Waals surface area (Å²) in [6.45, 7) is 1.95. The van der Waals surface area contributed by atoms with Crippen molar-refractivity contribution >= 4 is 35.4 Å². The molecule has 0 aromatic heterocycles. The van der Waals surface area contributed by atoms with E-state index in [1.54, 1.807) is 42.5 Å². The summed E-state index contributed by atoms with van der Waals surface area (Å²) in [5.74, 6) is -0.590. The first-order chi connectivity index (χ1) is 13.9. The third-order valence-corrected chi connectivity index (χ3v) is 4.75. The Hall–Kier alpha value is -3.00. The molecule has 0 aliphatic rings. The molecule has 7 nitrogen and oxygen atoms in total. The van der Waals surface area contributed by atoms with Crippen LogP contribution in [0.3, 0.4) is 0 Å². The summed E-state index contributed by atoms with van der Waals surface area (Å²) in [5, 5.41) is 5.15. The van der Waals surface area contributed by atoms with Crippen molar-refractivity contribution in [2.45, 2.75) is 25.5 Å². The Morgan fingerprint density at radius 2 is 1.72 bits per heavy atom. The summed E-state index contributed by atoms with van der Waals surface area (Å²) in [6.07, 6.45) is 1.05. The molecule has 0 saturated carbocycles. The summed E-state index contributed by atoms with van der Waals surface area (Å²) in [7, 11) is 0. The first kappa shape index (κ1) is 22.3. The van der Waals surface area contributed by atoms with E-state index in [2.05, 4.69) is 10.6 Å². The quantitative estimate of drug-likeness (QED) is 0.545. The molecule has 2 atom stereocenters. The Bertz CT molecular complexity index is 828. The maximum Gasteiger partial charge on any atom is 0.329 e. The number of ether oxygens (including phenoxy) is 1. The molecule has 154 valence electrons. The lowest BCUT2D eigenvalue weighted by Crippen LogP contribution is -2.45. The number of hydrogen-bond acceptors (Lipinski definition) is 5. The summed E-state index contributed by atoms with van der Waals surface area (Å²) >= 11 is 1.52. The molecule has 2 rings (SSSR count). The van der Waals surface area contributed by atoms with Crippen molar-refractivity contribution in [2.75, 3.05) is 17.3 Å². The van der Waals surface area contributed by atoms with Gasteiger partial charge in [-0.15, -0.1) is 0 Å². The van der Waals surface area contributed by atoms with Gasteiger partial charge in [-0.05, 0) is 37.5 Å². The summed E-state index contributed by atoms with van der Waals surface area (Å²) < 4.78 is 5.52. The van der Waals surface area contributed by atoms with E-state index < -0.39 is 30.1 Å². The molecule has 0 heterocycles. The monoisotopic (exact) mass is 415 g/mol. The Labute approximate surface area is 174 Å². The van der Waals surface area contributed by atoms with Gasteiger partial charge < -0.3 is 21.1 Å². The van der Waals surface area contributed by atoms with Crippen molar-refractivity contribution in [2.24, 2.45) is 5.73 Å². The van der Waals surface area contributed by atoms with Gasteiger partial charge in [-0.1, -0.05) is 48.0 Å². The molecule has 4 N–H and O–H groups in total. The number of rotatable bonds is 9. The van der Waals surface area contributed by atoms with Crippen molar-refractivity contribution in [3.63, 3.8) is 0 Å². The number of carbonyl (C=O) groups is 3. The number of nitrogens with two attached hydrogens (primary N) is 1. The van der Waals surface area contributed by atoms with Crippen molar-refractivity contribution in [1.82, 2.24) is 5.32 Å². The van der Waals surface area contributed by atoms with Crippen LogP contribution in [0.2, 0.25) is 0 Å². The number of esters is 1. The lowest BCUT2D eigenvalue weighted by Gasteiger charge is -2.22. The van der Waals surface area contributed by atoms with Crippen molar-refractivity contribution < 1.29 is 19.1 Å². The molecule has 0 aliphatic carbocycles. The zero-order chi connectivity index (χ0) is 21.2. The molecule has 8 heteroatoms. The van der Waals surface area contributed by atoms with Gasteiger partial charge in [0.2, 0.25) is 6.10 Å². The van der Waals surface area contributed by atoms with E-state index >= 15 is 0 Å². The molecule has 2 aromatic carbocycles. The van der Waals surface area contributed by atoms with Gasteiger partial charge in [0.25, 0.3) is 5.91 Å². The molecule has 0 radical (unpaired) electrons. The molecule has 3 amide bonds. The topological polar surface area (TPSA) is 111 Å². The van der Waals surface area contributed by atoms with Gasteiger partial charge in [0.05, 0.1) is 0 Å². The summed E-state index contributed by atoms with van der Waals surface area (Å²) in [4.78, 5) is 36.8. The highest BCUT2D eigenvalue weighted by Gasteiger charge is 2.29. The summed E-state index contributed by atoms with van der Waals surface area (Å²) in [6, 6.07) is 14.2. The van der Waals surface area contributed by atoms with Crippen LogP contribution in [-0.4, -0.2) is 36.0 Å². The Morgan fingerprint density at radius 3 is 2.31 bits per heavy atom. The fraction of sp³-hybridized carbons (Fsp3) is 0.286. The van der Waals surface area contributed by atoms with Gasteiger partial charge in [0, 0.05) is 11.3 Å². The Kier molecular flexibility index (Phi) is 8.54. The van der Waals surface area contributed by atoms with Crippen LogP contribution >= 0.6 is 11.8 Å². The fourth-order valence-corrected chi connectivity index (χ4v) is 3.07. The predicted octanol–water partition coefficient (Wildman–Crippen LogP) is 3.01. The highest BCUT2D eigenvalue weighted by molar-refractivity contribution is 7.98. The predicted molar refractivity (Wildman–Crippen MR) is 115 cm³/mol. The molecule has 2 aromatic rings. The van der Waals surface area contributed by atoms with Crippen LogP contribution in [0.25, 0.3) is 0 Å². The number of primary amides is 1. The van der Waals surface area contributed by atoms with E-state index in [0.717, 1.165) is 5.56 Å². The van der Waals surface area contributed by atoms with Crippen LogP contribution in [0.4, 0.5) is 10.5 Å². The number of amides is 3. The highest BCUT2D eigenvalue weighted by atomic mass is 32.2. The second kappa shape index (κ2) is 11.1. The number of anilines is 1. The van der Waals surface area contributed by atoms with Gasteiger partial charge in [0.1, 0.15) is 6.04 Å². The summed E-state index contributed by atoms with van der Waals surface area (Å²) in [5.41, 5.74) is 7.34. The van der Waals surface area contributed by atoms with Crippen LogP contribution in [-0.2, 0) is 14.3 Å². The molecule has 0 unspecified atom stereocenters. The van der Waals surface area contributed by atoms with Crippen LogP contribution in [0.5, 0.6) is 0 Å². The first-order valence-electron chi connectivity index (χ1n) is 9.08. The second-order valence-electron chi connectivity index (χ2n) is 6.43. The average molecular weight is 416 g/mol. The number of hydrogen-bond donors (Lipinski definition) is 3. The van der Waals surface area contributed by atoms with Gasteiger partial charge in [0.15, 0.2) is 0 Å². The van der Waals surface area contributed by atoms with Gasteiger partial charge >= 0.3 is 12.0 Å². The van der Waals surface area contributed by atoms with Crippen LogP contribution < -0.4 is 16.4 Å². The number of urea groups is 1. The highest BCUT2D eigenvalue weighted by Crippen LogP contribution is 2.21. The zero-order valence-electron chi connectivity index (χ0n) is 16.4. The normalized spacial score (nSPS) is 12.5. The van der Waals surface area contributed by atoms with E-state index in [4.69, 9.17) is 10.5 Å². The fourth-order valence-electron chi connectivity index (χ4n) is 2.60. The number of benzene rings is 2. The number of thioether (sulfide) groups is 1. The molecule has 0 fully saturated rings. The molecular formula is C21H25N3O4S. The Balaban J connectivity index is 2.20. The minimum atomic E-state index is -1.17. The van der Waals surface area contributed by atoms with E-state index in [1.165, 1.54) is 11.8 Å². The molecule has 29 heavy (non-hydrogen) atoms. The van der Waals surface area contributed by atoms with Crippen LogP contribution in [0, 0.1) is 6.92 Å².